The van der Waals surface area contributed by atoms with E-state index in [9.17, 15) is 5.26 Å². The van der Waals surface area contributed by atoms with E-state index in [1.54, 1.807) is 0 Å². The molecule has 0 bridgehead atoms. The fraction of sp³-hybridized carbons (Fsp3) is 0.0192. The molecule has 1 spiro atoms. The third-order valence-corrected chi connectivity index (χ3v) is 12.5. The molecule has 0 saturated carbocycles. The molecule has 1 aromatic heterocycles. The van der Waals surface area contributed by atoms with Gasteiger partial charge in [0.05, 0.1) is 28.4 Å². The van der Waals surface area contributed by atoms with Crippen LogP contribution < -0.4 is 0 Å². The maximum atomic E-state index is 9.76. The Bertz CT molecular complexity index is 3040. The fourth-order valence-electron chi connectivity index (χ4n) is 8.91. The van der Waals surface area contributed by atoms with E-state index in [-0.39, 0.29) is 0 Å². The van der Waals surface area contributed by atoms with Gasteiger partial charge in [-0.25, -0.2) is 9.97 Å². The lowest BCUT2D eigenvalue weighted by Gasteiger charge is -2.39. The van der Waals surface area contributed by atoms with Gasteiger partial charge in [-0.2, -0.15) is 5.26 Å². The number of fused-ring (bicyclic) bond motifs is 10. The molecule has 4 heteroatoms. The summed E-state index contributed by atoms with van der Waals surface area (Å²) in [5.74, 6) is 0.690. The van der Waals surface area contributed by atoms with Gasteiger partial charge in [0.2, 0.25) is 0 Å². The van der Waals surface area contributed by atoms with Crippen LogP contribution in [0.2, 0.25) is 0 Å². The highest BCUT2D eigenvalue weighted by Gasteiger charge is 2.50. The van der Waals surface area contributed by atoms with E-state index in [1.807, 2.05) is 48.2 Å². The molecule has 1 aliphatic heterocycles. The first-order chi connectivity index (χ1) is 27.7. The molecular weight excluding hydrogens is 699 g/mol. The molecule has 11 rings (SSSR count). The molecule has 260 valence electrons. The topological polar surface area (TPSA) is 49.6 Å². The molecule has 0 unspecified atom stereocenters. The van der Waals surface area contributed by atoms with E-state index in [2.05, 4.69) is 158 Å². The fourth-order valence-corrected chi connectivity index (χ4v) is 10.1. The Kier molecular flexibility index (Phi) is 7.38. The molecular formula is C52H31N3S. The Hall–Kier alpha value is -7.06. The Morgan fingerprint density at radius 3 is 1.79 bits per heavy atom. The van der Waals surface area contributed by atoms with E-state index < -0.39 is 5.41 Å². The van der Waals surface area contributed by atoms with Crippen molar-refractivity contribution in [2.75, 3.05) is 0 Å². The molecule has 0 atom stereocenters. The van der Waals surface area contributed by atoms with Gasteiger partial charge in [0.25, 0.3) is 0 Å². The highest BCUT2D eigenvalue weighted by Crippen LogP contribution is 2.62. The van der Waals surface area contributed by atoms with E-state index in [0.29, 0.717) is 11.4 Å². The average Bonchev–Trinajstić information content (AvgIpc) is 3.55. The largest absolute Gasteiger partial charge is 0.228 e. The van der Waals surface area contributed by atoms with Gasteiger partial charge in [0.1, 0.15) is 0 Å². The molecule has 1 aliphatic carbocycles. The maximum absolute atomic E-state index is 9.76. The highest BCUT2D eigenvalue weighted by atomic mass is 32.2. The molecule has 0 amide bonds. The van der Waals surface area contributed by atoms with Gasteiger partial charge >= 0.3 is 0 Å². The Balaban J connectivity index is 1.18. The van der Waals surface area contributed by atoms with Gasteiger partial charge in [0.15, 0.2) is 5.82 Å². The Morgan fingerprint density at radius 2 is 1.02 bits per heavy atom. The van der Waals surface area contributed by atoms with Crippen LogP contribution in [0.5, 0.6) is 0 Å². The first-order valence-electron chi connectivity index (χ1n) is 18.8. The smallest absolute Gasteiger partial charge is 0.160 e. The van der Waals surface area contributed by atoms with Crippen molar-refractivity contribution in [2.24, 2.45) is 0 Å². The Morgan fingerprint density at radius 1 is 0.429 bits per heavy atom. The van der Waals surface area contributed by atoms with Gasteiger partial charge in [-0.3, -0.25) is 0 Å². The van der Waals surface area contributed by atoms with Crippen molar-refractivity contribution >= 4 is 22.5 Å². The summed E-state index contributed by atoms with van der Waals surface area (Å²) in [6.07, 6.45) is 0. The summed E-state index contributed by atoms with van der Waals surface area (Å²) in [5, 5.41) is 12.1. The van der Waals surface area contributed by atoms with E-state index in [0.717, 1.165) is 44.6 Å². The Labute approximate surface area is 329 Å². The number of rotatable bonds is 4. The third-order valence-electron chi connectivity index (χ3n) is 11.4. The molecule has 9 aromatic rings. The molecule has 3 nitrogen and oxygen atoms in total. The van der Waals surface area contributed by atoms with Crippen LogP contribution in [0.3, 0.4) is 0 Å². The van der Waals surface area contributed by atoms with Crippen LogP contribution in [-0.4, -0.2) is 9.97 Å². The zero-order chi connectivity index (χ0) is 37.2. The predicted molar refractivity (Wildman–Crippen MR) is 227 cm³/mol. The number of nitriles is 1. The summed E-state index contributed by atoms with van der Waals surface area (Å²) in [6.45, 7) is 0. The summed E-state index contributed by atoms with van der Waals surface area (Å²) < 4.78 is 0. The lowest BCUT2D eigenvalue weighted by molar-refractivity contribution is 0.722. The number of aromatic nitrogens is 2. The van der Waals surface area contributed by atoms with Gasteiger partial charge in [-0.05, 0) is 97.7 Å². The number of hydrogen-bond donors (Lipinski definition) is 0. The lowest BCUT2D eigenvalue weighted by Crippen LogP contribution is -2.31. The highest BCUT2D eigenvalue weighted by molar-refractivity contribution is 7.99. The first kappa shape index (κ1) is 32.4. The van der Waals surface area contributed by atoms with E-state index in [1.165, 1.54) is 48.6 Å². The van der Waals surface area contributed by atoms with Crippen LogP contribution in [0.15, 0.2) is 198 Å². The molecule has 0 radical (unpaired) electrons. The van der Waals surface area contributed by atoms with Gasteiger partial charge in [-0.15, -0.1) is 0 Å². The second-order valence-corrected chi connectivity index (χ2v) is 15.5. The minimum Gasteiger partial charge on any atom is -0.228 e. The van der Waals surface area contributed by atoms with E-state index >= 15 is 0 Å². The summed E-state index contributed by atoms with van der Waals surface area (Å²) in [6, 6.07) is 69.1. The number of hydrogen-bond acceptors (Lipinski definition) is 4. The minimum absolute atomic E-state index is 0.510. The second kappa shape index (κ2) is 12.8. The molecule has 0 saturated heterocycles. The van der Waals surface area contributed by atoms with Crippen molar-refractivity contribution < 1.29 is 0 Å². The zero-order valence-electron chi connectivity index (χ0n) is 30.1. The third kappa shape index (κ3) is 4.92. The van der Waals surface area contributed by atoms with Crippen molar-refractivity contribution in [3.05, 3.63) is 216 Å². The zero-order valence-corrected chi connectivity index (χ0v) is 31.0. The predicted octanol–water partition coefficient (Wildman–Crippen LogP) is 13.0. The summed E-state index contributed by atoms with van der Waals surface area (Å²) >= 11 is 1.85. The number of nitrogens with zero attached hydrogens (tertiary/aromatic N) is 3. The normalized spacial score (nSPS) is 13.1. The summed E-state index contributed by atoms with van der Waals surface area (Å²) in [7, 11) is 0. The van der Waals surface area contributed by atoms with Crippen molar-refractivity contribution in [1.29, 1.82) is 5.26 Å². The van der Waals surface area contributed by atoms with Gasteiger partial charge < -0.3 is 0 Å². The quantitative estimate of drug-likeness (QED) is 0.181. The molecule has 2 heterocycles. The summed E-state index contributed by atoms with van der Waals surface area (Å²) in [4.78, 5) is 13.0. The SMILES string of the molecule is N#Cc1cccc(-c2ccc3c(c2)-c2cc(-c4cc(-c5cccc6ccccc56)nc(-c5ccccc5)n4)ccc2C32c3ccccc3Sc3ccccc32)c1. The monoisotopic (exact) mass is 729 g/mol. The molecule has 56 heavy (non-hydrogen) atoms. The van der Waals surface area contributed by atoms with Crippen LogP contribution in [0.25, 0.3) is 66.9 Å². The standard InChI is InChI=1S/C52H31N3S/c53-32-33-12-10-17-36(28-33)37-24-26-43-41(29-37)42-30-38(25-27-44(42)52(43)45-20-6-8-22-49(45)56-50-23-9-7-21-46(50)52)47-31-48(55-51(54-47)35-14-2-1-3-15-35)40-19-11-16-34-13-4-5-18-39(34)40/h1-31H. The van der Waals surface area contributed by atoms with Crippen LogP contribution in [-0.2, 0) is 5.41 Å². The van der Waals surface area contributed by atoms with Crippen LogP contribution in [0, 0.1) is 11.3 Å². The lowest BCUT2D eigenvalue weighted by atomic mass is 9.67. The van der Waals surface area contributed by atoms with Gasteiger partial charge in [-0.1, -0.05) is 157 Å². The van der Waals surface area contributed by atoms with Crippen molar-refractivity contribution in [1.82, 2.24) is 9.97 Å². The second-order valence-electron chi connectivity index (χ2n) is 14.4. The van der Waals surface area contributed by atoms with Crippen molar-refractivity contribution in [2.45, 2.75) is 15.2 Å². The molecule has 0 fully saturated rings. The van der Waals surface area contributed by atoms with E-state index in [4.69, 9.17) is 9.97 Å². The number of benzene rings is 8. The average molecular weight is 730 g/mol. The maximum Gasteiger partial charge on any atom is 0.160 e. The van der Waals surface area contributed by atoms with Crippen LogP contribution in [0.4, 0.5) is 0 Å². The summed E-state index contributed by atoms with van der Waals surface area (Å²) in [5.41, 5.74) is 14.5. The van der Waals surface area contributed by atoms with Crippen molar-refractivity contribution in [3.63, 3.8) is 0 Å². The van der Waals surface area contributed by atoms with Crippen LogP contribution in [0.1, 0.15) is 27.8 Å². The molecule has 0 N–H and O–H groups in total. The molecule has 2 aliphatic rings. The molecule has 8 aromatic carbocycles. The van der Waals surface area contributed by atoms with Crippen LogP contribution >= 0.6 is 11.8 Å². The minimum atomic E-state index is -0.510. The van der Waals surface area contributed by atoms with Gasteiger partial charge in [0, 0.05) is 26.5 Å². The first-order valence-corrected chi connectivity index (χ1v) is 19.6. The van der Waals surface area contributed by atoms with Crippen molar-refractivity contribution in [3.8, 4) is 62.2 Å².